The Labute approximate surface area is 250 Å². The summed E-state index contributed by atoms with van der Waals surface area (Å²) in [7, 11) is 0. The van der Waals surface area contributed by atoms with Gasteiger partial charge in [0, 0.05) is 0 Å². The van der Waals surface area contributed by atoms with Crippen LogP contribution < -0.4 is 0 Å². The molecule has 0 bridgehead atoms. The highest BCUT2D eigenvalue weighted by Crippen LogP contribution is 2.35. The van der Waals surface area contributed by atoms with Gasteiger partial charge in [-0.1, -0.05) is 142 Å². The van der Waals surface area contributed by atoms with Crippen LogP contribution >= 0.6 is 0 Å². The molecule has 8 nitrogen and oxygen atoms in total. The molecule has 0 aromatic heterocycles. The van der Waals surface area contributed by atoms with E-state index in [-0.39, 0.29) is 0 Å². The molecule has 0 amide bonds. The third-order valence-electron chi connectivity index (χ3n) is 8.89. The standard InChI is InChI=1S/C33H66O8/c1-3-5-7-9-11-13-15-17-19-21-23-33(28(36)26-35,24-22-20-18-16-14-12-10-8-6-4-2)41-32-31(39)30(38)29(37)27(25-34)40-32/h27-32,34-39H,3-26H2,1-2H3/t27-,28?,29-,30+,31-,32?/m1/s1. The van der Waals surface area contributed by atoms with Crippen molar-refractivity contribution < 1.29 is 40.1 Å². The van der Waals surface area contributed by atoms with E-state index in [4.69, 9.17) is 9.47 Å². The molecule has 246 valence electrons. The van der Waals surface area contributed by atoms with Gasteiger partial charge in [-0.05, 0) is 12.8 Å². The fourth-order valence-corrected chi connectivity index (χ4v) is 6.04. The molecule has 1 heterocycles. The molecular formula is C33H66O8. The average Bonchev–Trinajstić information content (AvgIpc) is 2.98. The van der Waals surface area contributed by atoms with Crippen molar-refractivity contribution in [3.05, 3.63) is 0 Å². The summed E-state index contributed by atoms with van der Waals surface area (Å²) in [6.45, 7) is 3.42. The summed E-state index contributed by atoms with van der Waals surface area (Å²) in [5, 5.41) is 61.8. The first-order valence-corrected chi connectivity index (χ1v) is 17.1. The molecule has 1 fully saturated rings. The molecule has 1 aliphatic heterocycles. The normalized spacial score (nSPS) is 24.1. The van der Waals surface area contributed by atoms with Crippen molar-refractivity contribution in [1.82, 2.24) is 0 Å². The summed E-state index contributed by atoms with van der Waals surface area (Å²) in [6, 6.07) is 0. The highest BCUT2D eigenvalue weighted by atomic mass is 16.7. The summed E-state index contributed by atoms with van der Waals surface area (Å²) in [5.41, 5.74) is -1.16. The van der Waals surface area contributed by atoms with Crippen molar-refractivity contribution in [3.63, 3.8) is 0 Å². The van der Waals surface area contributed by atoms with Crippen LogP contribution in [-0.2, 0) is 9.47 Å². The van der Waals surface area contributed by atoms with Gasteiger partial charge in [-0.3, -0.25) is 0 Å². The maximum Gasteiger partial charge on any atom is 0.187 e. The first-order chi connectivity index (χ1) is 19.9. The Morgan fingerprint density at radius 1 is 0.585 bits per heavy atom. The third kappa shape index (κ3) is 15.3. The van der Waals surface area contributed by atoms with Crippen LogP contribution in [0.5, 0.6) is 0 Å². The van der Waals surface area contributed by atoms with Crippen LogP contribution in [0.1, 0.15) is 155 Å². The highest BCUT2D eigenvalue weighted by molar-refractivity contribution is 4.94. The van der Waals surface area contributed by atoms with E-state index in [1.807, 2.05) is 0 Å². The van der Waals surface area contributed by atoms with E-state index < -0.39 is 55.6 Å². The number of unbranched alkanes of at least 4 members (excludes halogenated alkanes) is 18. The second-order valence-corrected chi connectivity index (χ2v) is 12.4. The van der Waals surface area contributed by atoms with Gasteiger partial charge >= 0.3 is 0 Å². The number of hydrogen-bond donors (Lipinski definition) is 6. The molecule has 2 unspecified atom stereocenters. The van der Waals surface area contributed by atoms with Crippen LogP contribution in [0.2, 0.25) is 0 Å². The molecule has 0 saturated carbocycles. The monoisotopic (exact) mass is 590 g/mol. The SMILES string of the molecule is CCCCCCCCCCCCC(CCCCCCCCCCCC)(OC1O[C@H](CO)[C@@H](O)[C@H](O)[C@H]1O)C(O)CO. The lowest BCUT2D eigenvalue weighted by Crippen LogP contribution is -2.62. The molecule has 41 heavy (non-hydrogen) atoms. The fraction of sp³-hybridized carbons (Fsp3) is 1.00. The highest BCUT2D eigenvalue weighted by Gasteiger charge is 2.49. The zero-order chi connectivity index (χ0) is 30.3. The zero-order valence-corrected chi connectivity index (χ0v) is 26.4. The van der Waals surface area contributed by atoms with Gasteiger partial charge in [-0.25, -0.2) is 0 Å². The van der Waals surface area contributed by atoms with Crippen molar-refractivity contribution in [2.24, 2.45) is 0 Å². The Balaban J connectivity index is 2.72. The van der Waals surface area contributed by atoms with Crippen molar-refractivity contribution in [1.29, 1.82) is 0 Å². The Morgan fingerprint density at radius 2 is 0.976 bits per heavy atom. The van der Waals surface area contributed by atoms with Crippen molar-refractivity contribution in [2.75, 3.05) is 13.2 Å². The third-order valence-corrected chi connectivity index (χ3v) is 8.89. The van der Waals surface area contributed by atoms with E-state index in [1.54, 1.807) is 0 Å². The molecule has 6 atom stereocenters. The molecule has 6 N–H and O–H groups in total. The molecule has 8 heteroatoms. The van der Waals surface area contributed by atoms with Gasteiger partial charge in [0.25, 0.3) is 0 Å². The molecule has 1 aliphatic rings. The lowest BCUT2D eigenvalue weighted by molar-refractivity contribution is -0.339. The van der Waals surface area contributed by atoms with E-state index in [0.29, 0.717) is 12.8 Å². The van der Waals surface area contributed by atoms with Crippen LogP contribution in [0, 0.1) is 0 Å². The Kier molecular flexibility index (Phi) is 22.7. The lowest BCUT2D eigenvalue weighted by atomic mass is 9.84. The minimum atomic E-state index is -1.55. The Morgan fingerprint density at radius 3 is 1.34 bits per heavy atom. The Bertz CT molecular complexity index is 566. The lowest BCUT2D eigenvalue weighted by Gasteiger charge is -2.46. The maximum absolute atomic E-state index is 11.0. The van der Waals surface area contributed by atoms with Crippen LogP contribution in [0.15, 0.2) is 0 Å². The summed E-state index contributed by atoms with van der Waals surface area (Å²) in [4.78, 5) is 0. The first kappa shape index (κ1) is 38.7. The van der Waals surface area contributed by atoms with Crippen LogP contribution in [0.3, 0.4) is 0 Å². The molecule has 0 aromatic rings. The predicted octanol–water partition coefficient (Wildman–Crippen LogP) is 5.52. The number of rotatable bonds is 27. The van der Waals surface area contributed by atoms with Crippen LogP contribution in [0.4, 0.5) is 0 Å². The number of hydrogen-bond acceptors (Lipinski definition) is 8. The Hall–Kier alpha value is -0.320. The predicted molar refractivity (Wildman–Crippen MR) is 164 cm³/mol. The molecule has 0 aromatic carbocycles. The zero-order valence-electron chi connectivity index (χ0n) is 26.4. The summed E-state index contributed by atoms with van der Waals surface area (Å²) in [5.74, 6) is 0. The van der Waals surface area contributed by atoms with Gasteiger partial charge in [-0.2, -0.15) is 0 Å². The van der Waals surface area contributed by atoms with Gasteiger partial charge < -0.3 is 40.1 Å². The van der Waals surface area contributed by atoms with E-state index in [9.17, 15) is 30.6 Å². The molecule has 1 rings (SSSR count). The molecule has 0 radical (unpaired) electrons. The van der Waals surface area contributed by atoms with Crippen LogP contribution in [-0.4, -0.2) is 86.3 Å². The van der Waals surface area contributed by atoms with Crippen molar-refractivity contribution in [2.45, 2.75) is 198 Å². The molecule has 0 spiro atoms. The summed E-state index contributed by atoms with van der Waals surface area (Å²) in [6.07, 6.45) is 16.2. The smallest absolute Gasteiger partial charge is 0.187 e. The van der Waals surface area contributed by atoms with Gasteiger partial charge in [0.2, 0.25) is 0 Å². The number of aliphatic hydroxyl groups excluding tert-OH is 6. The van der Waals surface area contributed by atoms with Crippen molar-refractivity contribution >= 4 is 0 Å². The van der Waals surface area contributed by atoms with E-state index >= 15 is 0 Å². The quantitative estimate of drug-likeness (QED) is 0.0688. The van der Waals surface area contributed by atoms with E-state index in [0.717, 1.165) is 38.5 Å². The van der Waals surface area contributed by atoms with E-state index in [1.165, 1.54) is 89.9 Å². The average molecular weight is 591 g/mol. The van der Waals surface area contributed by atoms with Gasteiger partial charge in [0.05, 0.1) is 18.8 Å². The van der Waals surface area contributed by atoms with Gasteiger partial charge in [0.15, 0.2) is 6.29 Å². The van der Waals surface area contributed by atoms with Crippen LogP contribution in [0.25, 0.3) is 0 Å². The van der Waals surface area contributed by atoms with E-state index in [2.05, 4.69) is 13.8 Å². The molecule has 1 saturated heterocycles. The van der Waals surface area contributed by atoms with Gasteiger partial charge in [0.1, 0.15) is 30.5 Å². The first-order valence-electron chi connectivity index (χ1n) is 17.1. The van der Waals surface area contributed by atoms with Gasteiger partial charge in [-0.15, -0.1) is 0 Å². The number of aliphatic hydroxyl groups is 6. The number of ether oxygens (including phenoxy) is 2. The minimum absolute atomic E-state index is 0.484. The minimum Gasteiger partial charge on any atom is -0.394 e. The largest absolute Gasteiger partial charge is 0.394 e. The van der Waals surface area contributed by atoms with Crippen molar-refractivity contribution in [3.8, 4) is 0 Å². The topological polar surface area (TPSA) is 140 Å². The fourth-order valence-electron chi connectivity index (χ4n) is 6.04. The molecular weight excluding hydrogens is 524 g/mol. The summed E-state index contributed by atoms with van der Waals surface area (Å²) >= 11 is 0. The maximum atomic E-state index is 11.0. The molecule has 0 aliphatic carbocycles. The second kappa shape index (κ2) is 24.1. The second-order valence-electron chi connectivity index (χ2n) is 12.4. The summed E-state index contributed by atoms with van der Waals surface area (Å²) < 4.78 is 12.0.